The highest BCUT2D eigenvalue weighted by Crippen LogP contribution is 2.23. The van der Waals surface area contributed by atoms with Crippen molar-refractivity contribution in [3.05, 3.63) is 70.9 Å². The zero-order valence-electron chi connectivity index (χ0n) is 14.8. The van der Waals surface area contributed by atoms with E-state index in [0.29, 0.717) is 6.54 Å². The third-order valence-corrected chi connectivity index (χ3v) is 5.15. The van der Waals surface area contributed by atoms with E-state index in [1.54, 1.807) is 28.0 Å². The molecular weight excluding hydrogens is 360 g/mol. The van der Waals surface area contributed by atoms with Crippen LogP contribution < -0.4 is 9.64 Å². The predicted molar refractivity (Wildman–Crippen MR) is 106 cm³/mol. The molecule has 0 aliphatic rings. The highest BCUT2D eigenvalue weighted by molar-refractivity contribution is 7.09. The van der Waals surface area contributed by atoms with Crippen molar-refractivity contribution in [1.82, 2.24) is 15.0 Å². The minimum Gasteiger partial charge on any atom is -0.497 e. The minimum atomic E-state index is -0.0516. The Labute approximate surface area is 160 Å². The van der Waals surface area contributed by atoms with Gasteiger partial charge in [0, 0.05) is 10.6 Å². The van der Waals surface area contributed by atoms with Gasteiger partial charge in [0.1, 0.15) is 17.8 Å². The molecule has 0 N–H and O–H groups in total. The number of hydrogen-bond donors (Lipinski definition) is 0. The summed E-state index contributed by atoms with van der Waals surface area (Å²) in [4.78, 5) is 16.0. The molecule has 4 rings (SSSR count). The number of ether oxygens (including phenoxy) is 1. The molecule has 0 aliphatic carbocycles. The summed E-state index contributed by atoms with van der Waals surface area (Å²) in [7, 11) is 1.62. The molecule has 0 saturated heterocycles. The van der Waals surface area contributed by atoms with Crippen LogP contribution in [0.15, 0.2) is 66.0 Å². The number of aromatic nitrogens is 3. The van der Waals surface area contributed by atoms with E-state index in [4.69, 9.17) is 4.74 Å². The summed E-state index contributed by atoms with van der Waals surface area (Å²) in [6.07, 6.45) is 0. The Bertz CT molecular complexity index is 1040. The Kier molecular flexibility index (Phi) is 4.84. The van der Waals surface area contributed by atoms with Crippen molar-refractivity contribution in [2.45, 2.75) is 13.1 Å². The van der Waals surface area contributed by atoms with Crippen molar-refractivity contribution >= 4 is 34.0 Å². The molecule has 0 radical (unpaired) electrons. The summed E-state index contributed by atoms with van der Waals surface area (Å²) in [6.45, 7) is 0.632. The van der Waals surface area contributed by atoms with E-state index in [1.807, 2.05) is 66.0 Å². The van der Waals surface area contributed by atoms with Crippen LogP contribution in [0.25, 0.3) is 11.0 Å². The lowest BCUT2D eigenvalue weighted by atomic mass is 10.2. The number of carbonyl (C=O) groups excluding carboxylic acids is 1. The van der Waals surface area contributed by atoms with Crippen molar-refractivity contribution in [3.8, 4) is 5.75 Å². The number of benzene rings is 2. The average molecular weight is 378 g/mol. The van der Waals surface area contributed by atoms with Crippen molar-refractivity contribution in [1.29, 1.82) is 0 Å². The molecule has 6 nitrogen and oxygen atoms in total. The maximum atomic E-state index is 13.1. The van der Waals surface area contributed by atoms with Gasteiger partial charge in [-0.2, -0.15) is 0 Å². The third-order valence-electron chi connectivity index (χ3n) is 4.28. The first-order valence-corrected chi connectivity index (χ1v) is 9.37. The van der Waals surface area contributed by atoms with Crippen LogP contribution in [0.3, 0.4) is 0 Å². The highest BCUT2D eigenvalue weighted by atomic mass is 32.1. The second-order valence-electron chi connectivity index (χ2n) is 5.99. The first kappa shape index (κ1) is 17.2. The van der Waals surface area contributed by atoms with Crippen LogP contribution in [0.4, 0.5) is 5.69 Å². The second kappa shape index (κ2) is 7.59. The van der Waals surface area contributed by atoms with Gasteiger partial charge < -0.3 is 9.64 Å². The summed E-state index contributed by atoms with van der Waals surface area (Å²) >= 11 is 1.63. The van der Waals surface area contributed by atoms with Gasteiger partial charge in [-0.25, -0.2) is 4.68 Å². The molecule has 0 unspecified atom stereocenters. The van der Waals surface area contributed by atoms with Gasteiger partial charge in [0.15, 0.2) is 0 Å². The number of thiophene rings is 1. The Morgan fingerprint density at radius 3 is 2.67 bits per heavy atom. The van der Waals surface area contributed by atoms with Gasteiger partial charge in [-0.15, -0.1) is 16.4 Å². The summed E-state index contributed by atoms with van der Waals surface area (Å²) < 4.78 is 6.87. The Hall–Kier alpha value is -3.19. The molecule has 0 fully saturated rings. The molecule has 0 aliphatic heterocycles. The SMILES string of the molecule is COc1ccc(N(Cc2cccs2)C(=O)Cn2nnc3ccccc32)cc1. The Morgan fingerprint density at radius 1 is 1.11 bits per heavy atom. The van der Waals surface area contributed by atoms with Crippen molar-refractivity contribution < 1.29 is 9.53 Å². The molecule has 0 atom stereocenters. The van der Waals surface area contributed by atoms with E-state index >= 15 is 0 Å². The highest BCUT2D eigenvalue weighted by Gasteiger charge is 2.19. The second-order valence-corrected chi connectivity index (χ2v) is 7.03. The first-order chi connectivity index (χ1) is 13.2. The first-order valence-electron chi connectivity index (χ1n) is 8.49. The summed E-state index contributed by atoms with van der Waals surface area (Å²) in [5, 5.41) is 10.3. The molecule has 1 amide bonds. The number of nitrogens with zero attached hydrogens (tertiary/aromatic N) is 4. The van der Waals surface area contributed by atoms with Gasteiger partial charge in [0.25, 0.3) is 0 Å². The number of methoxy groups -OCH3 is 1. The van der Waals surface area contributed by atoms with E-state index in [-0.39, 0.29) is 12.5 Å². The number of para-hydroxylation sites is 1. The summed E-state index contributed by atoms with van der Waals surface area (Å²) in [5.74, 6) is 0.703. The van der Waals surface area contributed by atoms with Crippen molar-refractivity contribution in [2.75, 3.05) is 12.0 Å². The van der Waals surface area contributed by atoms with Gasteiger partial charge >= 0.3 is 0 Å². The van der Waals surface area contributed by atoms with Gasteiger partial charge in [-0.1, -0.05) is 23.4 Å². The molecule has 136 valence electrons. The maximum Gasteiger partial charge on any atom is 0.249 e. The molecule has 27 heavy (non-hydrogen) atoms. The van der Waals surface area contributed by atoms with Crippen molar-refractivity contribution in [3.63, 3.8) is 0 Å². The fraction of sp³-hybridized carbons (Fsp3) is 0.150. The fourth-order valence-corrected chi connectivity index (χ4v) is 3.58. The summed E-state index contributed by atoms with van der Waals surface area (Å²) in [5.41, 5.74) is 2.44. The van der Waals surface area contributed by atoms with E-state index < -0.39 is 0 Å². The lowest BCUT2D eigenvalue weighted by Gasteiger charge is -2.22. The standard InChI is InChI=1S/C20H18N4O2S/c1-26-16-10-8-15(9-11-16)23(13-17-5-4-12-27-17)20(25)14-24-19-7-3-2-6-18(19)21-22-24/h2-12H,13-14H2,1H3. The Morgan fingerprint density at radius 2 is 1.93 bits per heavy atom. The molecular formula is C20H18N4O2S. The summed E-state index contributed by atoms with van der Waals surface area (Å²) in [6, 6.07) is 19.1. The maximum absolute atomic E-state index is 13.1. The monoisotopic (exact) mass is 378 g/mol. The van der Waals surface area contributed by atoms with E-state index in [2.05, 4.69) is 10.3 Å². The lowest BCUT2D eigenvalue weighted by Crippen LogP contribution is -2.33. The van der Waals surface area contributed by atoms with E-state index in [0.717, 1.165) is 27.3 Å². The molecule has 7 heteroatoms. The van der Waals surface area contributed by atoms with Gasteiger partial charge in [-0.3, -0.25) is 4.79 Å². The molecule has 0 saturated carbocycles. The van der Waals surface area contributed by atoms with Gasteiger partial charge in [-0.05, 0) is 47.8 Å². The number of hydrogen-bond acceptors (Lipinski definition) is 5. The number of carbonyl (C=O) groups is 1. The van der Waals surface area contributed by atoms with Crippen LogP contribution in [0.5, 0.6) is 5.75 Å². The van der Waals surface area contributed by atoms with Crippen LogP contribution in [0.1, 0.15) is 4.88 Å². The van der Waals surface area contributed by atoms with Gasteiger partial charge in [0.2, 0.25) is 5.91 Å². The number of fused-ring (bicyclic) bond motifs is 1. The molecule has 0 spiro atoms. The van der Waals surface area contributed by atoms with Crippen LogP contribution in [-0.2, 0) is 17.9 Å². The van der Waals surface area contributed by atoms with Crippen molar-refractivity contribution in [2.24, 2.45) is 0 Å². The minimum absolute atomic E-state index is 0.0516. The topological polar surface area (TPSA) is 60.2 Å². The molecule has 4 aromatic rings. The Balaban J connectivity index is 1.63. The zero-order chi connectivity index (χ0) is 18.6. The predicted octanol–water partition coefficient (Wildman–Crippen LogP) is 3.73. The quantitative estimate of drug-likeness (QED) is 0.513. The normalized spacial score (nSPS) is 10.9. The third kappa shape index (κ3) is 3.68. The van der Waals surface area contributed by atoms with E-state index in [9.17, 15) is 4.79 Å². The number of amides is 1. The van der Waals surface area contributed by atoms with Crippen LogP contribution in [0.2, 0.25) is 0 Å². The lowest BCUT2D eigenvalue weighted by molar-refractivity contribution is -0.119. The number of anilines is 1. The van der Waals surface area contributed by atoms with Crippen LogP contribution in [-0.4, -0.2) is 28.0 Å². The molecule has 2 heterocycles. The van der Waals surface area contributed by atoms with Gasteiger partial charge in [0.05, 0.1) is 19.2 Å². The molecule has 2 aromatic carbocycles. The molecule has 0 bridgehead atoms. The largest absolute Gasteiger partial charge is 0.497 e. The molecule has 2 aromatic heterocycles. The fourth-order valence-electron chi connectivity index (χ4n) is 2.89. The zero-order valence-corrected chi connectivity index (χ0v) is 15.6. The van der Waals surface area contributed by atoms with Crippen LogP contribution >= 0.6 is 11.3 Å². The van der Waals surface area contributed by atoms with E-state index in [1.165, 1.54) is 0 Å². The number of rotatable bonds is 6. The average Bonchev–Trinajstić information content (AvgIpc) is 3.36. The smallest absolute Gasteiger partial charge is 0.249 e. The van der Waals surface area contributed by atoms with Crippen LogP contribution in [0, 0.1) is 0 Å².